The fourth-order valence-corrected chi connectivity index (χ4v) is 4.31. The van der Waals surface area contributed by atoms with Crippen LogP contribution in [-0.4, -0.2) is 51.2 Å². The second kappa shape index (κ2) is 8.72. The standard InChI is InChI=1S/C23H28N4O2/c1-17-19(23(29)26-13-7-3-8-14-26)16-24-21(25-17)20-12-6-9-15-27(20)22(28)18-10-4-2-5-11-18/h2,4-5,10-11,16,20H,3,6-9,12-15H2,1H3/t20-/m1/s1. The molecule has 1 atom stereocenters. The predicted octanol–water partition coefficient (Wildman–Crippen LogP) is 3.78. The molecule has 0 spiro atoms. The number of aryl methyl sites for hydroxylation is 1. The summed E-state index contributed by atoms with van der Waals surface area (Å²) in [5.41, 5.74) is 1.96. The second-order valence-electron chi connectivity index (χ2n) is 7.96. The Balaban J connectivity index is 1.57. The number of amides is 2. The van der Waals surface area contributed by atoms with Crippen LogP contribution >= 0.6 is 0 Å². The largest absolute Gasteiger partial charge is 0.339 e. The van der Waals surface area contributed by atoms with Crippen LogP contribution in [0.5, 0.6) is 0 Å². The molecule has 2 fully saturated rings. The molecule has 152 valence electrons. The molecule has 1 aromatic heterocycles. The average molecular weight is 393 g/mol. The van der Waals surface area contributed by atoms with Crippen LogP contribution in [0.3, 0.4) is 0 Å². The molecule has 6 heteroatoms. The zero-order chi connectivity index (χ0) is 20.2. The summed E-state index contributed by atoms with van der Waals surface area (Å²) in [4.78, 5) is 38.9. The van der Waals surface area contributed by atoms with Crippen LogP contribution < -0.4 is 0 Å². The summed E-state index contributed by atoms with van der Waals surface area (Å²) < 4.78 is 0. The van der Waals surface area contributed by atoms with Gasteiger partial charge in [0, 0.05) is 31.4 Å². The smallest absolute Gasteiger partial charge is 0.257 e. The number of benzene rings is 1. The normalized spacial score (nSPS) is 19.8. The van der Waals surface area contributed by atoms with Gasteiger partial charge in [-0.25, -0.2) is 9.97 Å². The highest BCUT2D eigenvalue weighted by Gasteiger charge is 2.31. The summed E-state index contributed by atoms with van der Waals surface area (Å²) in [5, 5.41) is 0. The second-order valence-corrected chi connectivity index (χ2v) is 7.96. The van der Waals surface area contributed by atoms with Crippen LogP contribution in [0.4, 0.5) is 0 Å². The number of nitrogens with zero attached hydrogens (tertiary/aromatic N) is 4. The molecule has 2 aliphatic heterocycles. The molecule has 4 rings (SSSR count). The molecule has 0 saturated carbocycles. The highest BCUT2D eigenvalue weighted by molar-refractivity contribution is 5.95. The summed E-state index contributed by atoms with van der Waals surface area (Å²) in [6.45, 7) is 4.19. The van der Waals surface area contributed by atoms with Gasteiger partial charge in [0.25, 0.3) is 11.8 Å². The first kappa shape index (κ1) is 19.6. The van der Waals surface area contributed by atoms with Crippen LogP contribution in [0.1, 0.15) is 76.8 Å². The van der Waals surface area contributed by atoms with Crippen molar-refractivity contribution in [3.63, 3.8) is 0 Å². The number of carbonyl (C=O) groups excluding carboxylic acids is 2. The molecule has 0 unspecified atom stereocenters. The van der Waals surface area contributed by atoms with E-state index in [-0.39, 0.29) is 17.9 Å². The summed E-state index contributed by atoms with van der Waals surface area (Å²) >= 11 is 0. The molecule has 1 aromatic carbocycles. The van der Waals surface area contributed by atoms with Gasteiger partial charge >= 0.3 is 0 Å². The van der Waals surface area contributed by atoms with Gasteiger partial charge in [0.1, 0.15) is 0 Å². The summed E-state index contributed by atoms with van der Waals surface area (Å²) in [6.07, 6.45) is 7.83. The van der Waals surface area contributed by atoms with Crippen molar-refractivity contribution in [2.24, 2.45) is 0 Å². The Morgan fingerprint density at radius 3 is 2.38 bits per heavy atom. The Bertz CT molecular complexity index is 878. The number of hydrogen-bond donors (Lipinski definition) is 0. The Morgan fingerprint density at radius 1 is 0.931 bits per heavy atom. The SMILES string of the molecule is Cc1nc([C@H]2CCCCN2C(=O)c2ccccc2)ncc1C(=O)N1CCCCC1. The maximum atomic E-state index is 13.1. The van der Waals surface area contributed by atoms with Crippen molar-refractivity contribution < 1.29 is 9.59 Å². The molecule has 2 aromatic rings. The van der Waals surface area contributed by atoms with Crippen molar-refractivity contribution in [1.29, 1.82) is 0 Å². The van der Waals surface area contributed by atoms with E-state index in [9.17, 15) is 9.59 Å². The van der Waals surface area contributed by atoms with Gasteiger partial charge in [-0.2, -0.15) is 0 Å². The first-order valence-corrected chi connectivity index (χ1v) is 10.6. The quantitative estimate of drug-likeness (QED) is 0.797. The molecule has 2 aliphatic rings. The van der Waals surface area contributed by atoms with E-state index in [2.05, 4.69) is 9.97 Å². The van der Waals surface area contributed by atoms with Crippen LogP contribution in [-0.2, 0) is 0 Å². The lowest BCUT2D eigenvalue weighted by Crippen LogP contribution is -2.39. The Kier molecular flexibility index (Phi) is 5.88. The first-order valence-electron chi connectivity index (χ1n) is 10.6. The van der Waals surface area contributed by atoms with E-state index in [0.29, 0.717) is 29.2 Å². The summed E-state index contributed by atoms with van der Waals surface area (Å²) in [7, 11) is 0. The highest BCUT2D eigenvalue weighted by Crippen LogP contribution is 2.30. The maximum Gasteiger partial charge on any atom is 0.257 e. The highest BCUT2D eigenvalue weighted by atomic mass is 16.2. The van der Waals surface area contributed by atoms with Crippen molar-refractivity contribution in [3.05, 3.63) is 59.2 Å². The maximum absolute atomic E-state index is 13.1. The molecule has 2 saturated heterocycles. The molecule has 6 nitrogen and oxygen atoms in total. The first-order chi connectivity index (χ1) is 14.1. The third kappa shape index (κ3) is 4.16. The van der Waals surface area contributed by atoms with Gasteiger partial charge in [0.15, 0.2) is 5.82 Å². The fourth-order valence-electron chi connectivity index (χ4n) is 4.31. The Labute approximate surface area is 172 Å². The lowest BCUT2D eigenvalue weighted by Gasteiger charge is -2.35. The third-order valence-corrected chi connectivity index (χ3v) is 5.95. The lowest BCUT2D eigenvalue weighted by atomic mass is 9.99. The predicted molar refractivity (Wildman–Crippen MR) is 111 cm³/mol. The molecule has 3 heterocycles. The van der Waals surface area contributed by atoms with Gasteiger partial charge < -0.3 is 9.80 Å². The molecule has 0 radical (unpaired) electrons. The van der Waals surface area contributed by atoms with Gasteiger partial charge in [0.2, 0.25) is 0 Å². The van der Waals surface area contributed by atoms with Gasteiger partial charge in [0.05, 0.1) is 17.3 Å². The van der Waals surface area contributed by atoms with Gasteiger partial charge in [-0.15, -0.1) is 0 Å². The van der Waals surface area contributed by atoms with Crippen LogP contribution in [0.15, 0.2) is 36.5 Å². The minimum Gasteiger partial charge on any atom is -0.339 e. The number of hydrogen-bond acceptors (Lipinski definition) is 4. The third-order valence-electron chi connectivity index (χ3n) is 5.95. The topological polar surface area (TPSA) is 66.4 Å². The van der Waals surface area contributed by atoms with E-state index in [4.69, 9.17) is 0 Å². The molecule has 2 amide bonds. The zero-order valence-corrected chi connectivity index (χ0v) is 17.0. The fraction of sp³-hybridized carbons (Fsp3) is 0.478. The molecule has 0 aliphatic carbocycles. The molecule has 0 N–H and O–H groups in total. The molecular weight excluding hydrogens is 364 g/mol. The van der Waals surface area contributed by atoms with Crippen molar-refractivity contribution in [2.45, 2.75) is 51.5 Å². The van der Waals surface area contributed by atoms with E-state index < -0.39 is 0 Å². The number of likely N-dealkylation sites (tertiary alicyclic amines) is 2. The van der Waals surface area contributed by atoms with Crippen LogP contribution in [0.25, 0.3) is 0 Å². The van der Waals surface area contributed by atoms with Gasteiger partial charge in [-0.3, -0.25) is 9.59 Å². The Morgan fingerprint density at radius 2 is 1.66 bits per heavy atom. The number of piperidine rings is 2. The van der Waals surface area contributed by atoms with Gasteiger partial charge in [-0.05, 0) is 57.6 Å². The van der Waals surface area contributed by atoms with Crippen LogP contribution in [0, 0.1) is 6.92 Å². The van der Waals surface area contributed by atoms with E-state index in [1.54, 1.807) is 6.20 Å². The minimum atomic E-state index is -0.144. The molecule has 29 heavy (non-hydrogen) atoms. The van der Waals surface area contributed by atoms with E-state index in [0.717, 1.165) is 45.2 Å². The minimum absolute atomic E-state index is 0.0185. The number of rotatable bonds is 3. The number of aromatic nitrogens is 2. The summed E-state index contributed by atoms with van der Waals surface area (Å²) in [5.74, 6) is 0.682. The molecule has 0 bridgehead atoms. The Hall–Kier alpha value is -2.76. The molecular formula is C23H28N4O2. The summed E-state index contributed by atoms with van der Waals surface area (Å²) in [6, 6.07) is 9.23. The zero-order valence-electron chi connectivity index (χ0n) is 17.0. The monoisotopic (exact) mass is 392 g/mol. The lowest BCUT2D eigenvalue weighted by molar-refractivity contribution is 0.0597. The number of carbonyl (C=O) groups is 2. The van der Waals surface area contributed by atoms with Crippen LogP contribution in [0.2, 0.25) is 0 Å². The average Bonchev–Trinajstić information content (AvgIpc) is 2.79. The van der Waals surface area contributed by atoms with E-state index in [1.165, 1.54) is 6.42 Å². The van der Waals surface area contributed by atoms with Gasteiger partial charge in [-0.1, -0.05) is 18.2 Å². The van der Waals surface area contributed by atoms with Crippen molar-refractivity contribution >= 4 is 11.8 Å². The van der Waals surface area contributed by atoms with Crippen molar-refractivity contribution in [3.8, 4) is 0 Å². The van der Waals surface area contributed by atoms with Crippen molar-refractivity contribution in [2.75, 3.05) is 19.6 Å². The van der Waals surface area contributed by atoms with Crippen molar-refractivity contribution in [1.82, 2.24) is 19.8 Å². The van der Waals surface area contributed by atoms with E-state index >= 15 is 0 Å². The van der Waals surface area contributed by atoms with E-state index in [1.807, 2.05) is 47.1 Å².